The average molecular weight is 217 g/mol. The van der Waals surface area contributed by atoms with Crippen LogP contribution in [0.25, 0.3) is 0 Å². The normalized spacial score (nSPS) is 22.6. The second kappa shape index (κ2) is 4.45. The van der Waals surface area contributed by atoms with Gasteiger partial charge in [0.1, 0.15) is 0 Å². The molecule has 0 amide bonds. The maximum atomic E-state index is 11.3. The van der Waals surface area contributed by atoms with Gasteiger partial charge in [0.15, 0.2) is 9.84 Å². The topological polar surface area (TPSA) is 60.2 Å². The van der Waals surface area contributed by atoms with E-state index in [0.29, 0.717) is 0 Å². The molecule has 0 heterocycles. The minimum absolute atomic E-state index is 0.315. The molecule has 0 aliphatic heterocycles. The van der Waals surface area contributed by atoms with Gasteiger partial charge in [-0.15, -0.1) is 0 Å². The van der Waals surface area contributed by atoms with Crippen molar-refractivity contribution in [2.45, 2.75) is 43.9 Å². The first kappa shape index (κ1) is 11.7. The van der Waals surface area contributed by atoms with Crippen molar-refractivity contribution in [2.24, 2.45) is 5.73 Å². The van der Waals surface area contributed by atoms with E-state index >= 15 is 0 Å². The number of allylic oxidation sites excluding steroid dienone is 1. The lowest BCUT2D eigenvalue weighted by atomic mass is 9.93. The van der Waals surface area contributed by atoms with Crippen LogP contribution >= 0.6 is 0 Å². The molecule has 1 rings (SSSR count). The lowest BCUT2D eigenvalue weighted by molar-refractivity contribution is 0.566. The summed E-state index contributed by atoms with van der Waals surface area (Å²) in [6.45, 7) is 1.69. The second-order valence-electron chi connectivity index (χ2n) is 4.09. The van der Waals surface area contributed by atoms with Gasteiger partial charge in [0.05, 0.1) is 5.25 Å². The Morgan fingerprint density at radius 2 is 2.07 bits per heavy atom. The summed E-state index contributed by atoms with van der Waals surface area (Å²) in [7, 11) is -3.02. The summed E-state index contributed by atoms with van der Waals surface area (Å²) in [4.78, 5) is 0. The fourth-order valence-electron chi connectivity index (χ4n) is 1.73. The third-order valence-corrected chi connectivity index (χ3v) is 4.58. The highest BCUT2D eigenvalue weighted by Crippen LogP contribution is 2.22. The molecule has 4 heteroatoms. The molecule has 0 spiro atoms. The van der Waals surface area contributed by atoms with Gasteiger partial charge >= 0.3 is 0 Å². The van der Waals surface area contributed by atoms with Crippen LogP contribution in [0.3, 0.4) is 0 Å². The molecule has 0 aromatic carbocycles. The molecule has 3 nitrogen and oxygen atoms in total. The lowest BCUT2D eigenvalue weighted by Gasteiger charge is -2.23. The summed E-state index contributed by atoms with van der Waals surface area (Å²) in [6, 6.07) is -0.315. The largest absolute Gasteiger partial charge is 0.323 e. The molecule has 1 aliphatic carbocycles. The molecule has 0 saturated carbocycles. The summed E-state index contributed by atoms with van der Waals surface area (Å²) in [5.41, 5.74) is 7.05. The molecule has 1 aliphatic rings. The molecule has 2 atom stereocenters. The van der Waals surface area contributed by atoms with E-state index in [4.69, 9.17) is 5.73 Å². The van der Waals surface area contributed by atoms with E-state index in [1.165, 1.54) is 12.7 Å². The van der Waals surface area contributed by atoms with Crippen LogP contribution in [0.2, 0.25) is 0 Å². The van der Waals surface area contributed by atoms with Gasteiger partial charge in [-0.3, -0.25) is 0 Å². The Bertz CT molecular complexity index is 319. The van der Waals surface area contributed by atoms with Gasteiger partial charge in [0, 0.05) is 12.3 Å². The van der Waals surface area contributed by atoms with Crippen molar-refractivity contribution in [3.05, 3.63) is 11.6 Å². The van der Waals surface area contributed by atoms with Gasteiger partial charge in [-0.25, -0.2) is 8.42 Å². The monoisotopic (exact) mass is 217 g/mol. The van der Waals surface area contributed by atoms with E-state index in [-0.39, 0.29) is 6.04 Å². The summed E-state index contributed by atoms with van der Waals surface area (Å²) in [6.07, 6.45) is 7.69. The Morgan fingerprint density at radius 1 is 1.43 bits per heavy atom. The molecule has 0 aromatic rings. The third kappa shape index (κ3) is 2.82. The van der Waals surface area contributed by atoms with Gasteiger partial charge in [0.25, 0.3) is 0 Å². The molecule has 0 aromatic heterocycles. The molecule has 14 heavy (non-hydrogen) atoms. The van der Waals surface area contributed by atoms with Crippen molar-refractivity contribution in [1.82, 2.24) is 0 Å². The van der Waals surface area contributed by atoms with Crippen LogP contribution in [0, 0.1) is 0 Å². The highest BCUT2D eigenvalue weighted by atomic mass is 32.2. The van der Waals surface area contributed by atoms with E-state index in [1.54, 1.807) is 6.92 Å². The van der Waals surface area contributed by atoms with Crippen LogP contribution in [0.4, 0.5) is 0 Å². The Kier molecular flexibility index (Phi) is 3.72. The van der Waals surface area contributed by atoms with Crippen LogP contribution in [0.15, 0.2) is 11.6 Å². The highest BCUT2D eigenvalue weighted by Gasteiger charge is 2.25. The van der Waals surface area contributed by atoms with Crippen molar-refractivity contribution < 1.29 is 8.42 Å². The van der Waals surface area contributed by atoms with Crippen molar-refractivity contribution in [2.75, 3.05) is 6.26 Å². The fourth-order valence-corrected chi connectivity index (χ4v) is 2.44. The number of hydrogen-bond acceptors (Lipinski definition) is 3. The predicted octanol–water partition coefficient (Wildman–Crippen LogP) is 1.25. The molecule has 2 unspecified atom stereocenters. The first-order valence-corrected chi connectivity index (χ1v) is 7.02. The van der Waals surface area contributed by atoms with E-state index in [1.807, 2.05) is 0 Å². The summed E-state index contributed by atoms with van der Waals surface area (Å²) < 4.78 is 22.6. The van der Waals surface area contributed by atoms with E-state index < -0.39 is 15.1 Å². The Balaban J connectivity index is 2.74. The third-order valence-electron chi connectivity index (χ3n) is 2.94. The molecule has 0 saturated heterocycles. The lowest BCUT2D eigenvalue weighted by Crippen LogP contribution is -2.39. The second-order valence-corrected chi connectivity index (χ2v) is 6.49. The highest BCUT2D eigenvalue weighted by molar-refractivity contribution is 7.91. The van der Waals surface area contributed by atoms with Crippen LogP contribution in [-0.2, 0) is 9.84 Å². The fraction of sp³-hybridized carbons (Fsp3) is 0.800. The predicted molar refractivity (Wildman–Crippen MR) is 58.8 cm³/mol. The smallest absolute Gasteiger partial charge is 0.151 e. The molecular weight excluding hydrogens is 198 g/mol. The number of rotatable bonds is 3. The molecular formula is C10H19NO2S. The number of sulfone groups is 1. The summed E-state index contributed by atoms with van der Waals surface area (Å²) in [5, 5.41) is -0.466. The zero-order valence-corrected chi connectivity index (χ0v) is 9.68. The quantitative estimate of drug-likeness (QED) is 0.724. The standard InChI is InChI=1S/C10H19NO2S/c1-8(14(2,12)13)10(11)9-6-4-3-5-7-9/h6,8,10H,3-5,7,11H2,1-2H3. The molecule has 82 valence electrons. The van der Waals surface area contributed by atoms with Crippen molar-refractivity contribution in [3.8, 4) is 0 Å². The van der Waals surface area contributed by atoms with Crippen LogP contribution in [0.5, 0.6) is 0 Å². The zero-order chi connectivity index (χ0) is 10.8. The van der Waals surface area contributed by atoms with Crippen molar-refractivity contribution in [1.29, 1.82) is 0 Å². The maximum Gasteiger partial charge on any atom is 0.151 e. The maximum absolute atomic E-state index is 11.3. The Labute approximate surface area is 86.3 Å². The van der Waals surface area contributed by atoms with Gasteiger partial charge < -0.3 is 5.73 Å². The van der Waals surface area contributed by atoms with Crippen molar-refractivity contribution in [3.63, 3.8) is 0 Å². The minimum atomic E-state index is -3.02. The van der Waals surface area contributed by atoms with E-state index in [0.717, 1.165) is 24.8 Å². The summed E-state index contributed by atoms with van der Waals surface area (Å²) >= 11 is 0. The summed E-state index contributed by atoms with van der Waals surface area (Å²) in [5.74, 6) is 0. The molecule has 0 bridgehead atoms. The van der Waals surface area contributed by atoms with E-state index in [2.05, 4.69) is 6.08 Å². The van der Waals surface area contributed by atoms with Crippen LogP contribution < -0.4 is 5.73 Å². The zero-order valence-electron chi connectivity index (χ0n) is 8.86. The first-order valence-electron chi connectivity index (χ1n) is 5.06. The van der Waals surface area contributed by atoms with E-state index in [9.17, 15) is 8.42 Å². The van der Waals surface area contributed by atoms with Gasteiger partial charge in [0.2, 0.25) is 0 Å². The Hall–Kier alpha value is -0.350. The van der Waals surface area contributed by atoms with Gasteiger partial charge in [-0.1, -0.05) is 11.6 Å². The SMILES string of the molecule is CC(C(N)C1=CCCCC1)S(C)(=O)=O. The first-order chi connectivity index (χ1) is 6.43. The molecule has 0 fully saturated rings. The molecule has 2 N–H and O–H groups in total. The minimum Gasteiger partial charge on any atom is -0.323 e. The van der Waals surface area contributed by atoms with Crippen LogP contribution in [0.1, 0.15) is 32.6 Å². The Morgan fingerprint density at radius 3 is 2.50 bits per heavy atom. The van der Waals surface area contributed by atoms with Crippen molar-refractivity contribution >= 4 is 9.84 Å². The average Bonchev–Trinajstić information content (AvgIpc) is 2.15. The number of hydrogen-bond donors (Lipinski definition) is 1. The number of nitrogens with two attached hydrogens (primary N) is 1. The van der Waals surface area contributed by atoms with Gasteiger partial charge in [-0.2, -0.15) is 0 Å². The van der Waals surface area contributed by atoms with Crippen LogP contribution in [-0.4, -0.2) is 26.0 Å². The van der Waals surface area contributed by atoms with Gasteiger partial charge in [-0.05, 0) is 32.6 Å². The molecule has 0 radical (unpaired) electrons.